The van der Waals surface area contributed by atoms with Gasteiger partial charge in [0.25, 0.3) is 0 Å². The molecule has 1 rings (SSSR count). The van der Waals surface area contributed by atoms with Gasteiger partial charge in [0.05, 0.1) is 17.4 Å². The molecule has 106 valence electrons. The third-order valence-corrected chi connectivity index (χ3v) is 3.00. The molecule has 0 radical (unpaired) electrons. The first-order valence-electron chi connectivity index (χ1n) is 6.34. The quantitative estimate of drug-likeness (QED) is 0.873. The minimum Gasteiger partial charge on any atom is -0.376 e. The fraction of sp³-hybridized carbons (Fsp3) is 0.500. The summed E-state index contributed by atoms with van der Waals surface area (Å²) in [5.74, 6) is 0.201. The summed E-state index contributed by atoms with van der Waals surface area (Å²) in [5.41, 5.74) is 7.45. The predicted octanol–water partition coefficient (Wildman–Crippen LogP) is 2.72. The molecule has 0 aliphatic rings. The zero-order valence-corrected chi connectivity index (χ0v) is 12.7. The van der Waals surface area contributed by atoms with Crippen LogP contribution in [-0.2, 0) is 4.79 Å². The highest BCUT2D eigenvalue weighted by Crippen LogP contribution is 2.28. The summed E-state index contributed by atoms with van der Waals surface area (Å²) in [6, 6.07) is 4.89. The molecule has 1 atom stereocenters. The molecule has 19 heavy (non-hydrogen) atoms. The van der Waals surface area contributed by atoms with Crippen molar-refractivity contribution in [3.63, 3.8) is 0 Å². The van der Waals surface area contributed by atoms with Crippen molar-refractivity contribution in [1.29, 1.82) is 0 Å². The molecule has 0 aliphatic carbocycles. The molecule has 4 nitrogen and oxygen atoms in total. The van der Waals surface area contributed by atoms with Crippen molar-refractivity contribution in [2.75, 3.05) is 24.3 Å². The van der Waals surface area contributed by atoms with E-state index in [9.17, 15) is 4.79 Å². The Morgan fingerprint density at radius 2 is 2.05 bits per heavy atom. The lowest BCUT2D eigenvalue weighted by Gasteiger charge is -2.20. The normalized spacial score (nSPS) is 12.4. The van der Waals surface area contributed by atoms with Gasteiger partial charge < -0.3 is 16.0 Å². The third-order valence-electron chi connectivity index (χ3n) is 2.76. The number of amides is 1. The van der Waals surface area contributed by atoms with Crippen molar-refractivity contribution < 1.29 is 4.79 Å². The number of nitrogens with one attached hydrogen (secondary N) is 1. The van der Waals surface area contributed by atoms with Crippen molar-refractivity contribution in [3.8, 4) is 0 Å². The third kappa shape index (κ3) is 4.73. The zero-order chi connectivity index (χ0) is 14.6. The Morgan fingerprint density at radius 1 is 1.42 bits per heavy atom. The molecule has 0 bridgehead atoms. The minimum absolute atomic E-state index is 0.181. The molecule has 1 aromatic rings. The van der Waals surface area contributed by atoms with Gasteiger partial charge in [-0.3, -0.25) is 4.79 Å². The van der Waals surface area contributed by atoms with Crippen LogP contribution in [0, 0.1) is 5.92 Å². The van der Waals surface area contributed by atoms with Gasteiger partial charge in [0.15, 0.2) is 0 Å². The smallest absolute Gasteiger partial charge is 0.241 e. The highest BCUT2D eigenvalue weighted by atomic mass is 35.5. The molecular weight excluding hydrogens is 262 g/mol. The summed E-state index contributed by atoms with van der Waals surface area (Å²) in [7, 11) is 3.82. The summed E-state index contributed by atoms with van der Waals surface area (Å²) in [5, 5.41) is 3.43. The fourth-order valence-electron chi connectivity index (χ4n) is 1.84. The molecule has 0 fully saturated rings. The molecule has 0 aliphatic heterocycles. The second-order valence-corrected chi connectivity index (χ2v) is 5.72. The van der Waals surface area contributed by atoms with Crippen molar-refractivity contribution >= 4 is 28.9 Å². The Morgan fingerprint density at radius 3 is 2.58 bits per heavy atom. The number of nitrogens with two attached hydrogens (primary N) is 1. The second-order valence-electron chi connectivity index (χ2n) is 5.28. The highest BCUT2D eigenvalue weighted by Gasteiger charge is 2.17. The Bertz CT molecular complexity index is 446. The number of rotatable bonds is 5. The van der Waals surface area contributed by atoms with Gasteiger partial charge in [0.2, 0.25) is 5.91 Å². The van der Waals surface area contributed by atoms with E-state index in [-0.39, 0.29) is 5.91 Å². The Kier molecular flexibility index (Phi) is 5.63. The number of carbonyl (C=O) groups excluding carboxylic acids is 1. The first-order chi connectivity index (χ1) is 8.81. The van der Waals surface area contributed by atoms with Gasteiger partial charge in [0.1, 0.15) is 0 Å². The molecule has 0 aromatic heterocycles. The Hall–Kier alpha value is -1.26. The molecule has 0 heterocycles. The number of nitrogens with zero attached hydrogens (tertiary/aromatic N) is 1. The standard InChI is InChI=1S/C14H22ClN3O/c1-9(2)7-11(16)14(19)17-12-8-10(15)5-6-13(12)18(3)4/h5-6,8-9,11H,7,16H2,1-4H3,(H,17,19)/t11-/m1/s1. The fourth-order valence-corrected chi connectivity index (χ4v) is 2.01. The topological polar surface area (TPSA) is 58.4 Å². The number of hydrogen-bond acceptors (Lipinski definition) is 3. The lowest BCUT2D eigenvalue weighted by molar-refractivity contribution is -0.117. The molecule has 3 N–H and O–H groups in total. The van der Waals surface area contributed by atoms with Gasteiger partial charge in [-0.15, -0.1) is 0 Å². The van der Waals surface area contributed by atoms with Crippen LogP contribution < -0.4 is 16.0 Å². The molecule has 1 amide bonds. The highest BCUT2D eigenvalue weighted by molar-refractivity contribution is 6.31. The van der Waals surface area contributed by atoms with E-state index in [2.05, 4.69) is 5.32 Å². The van der Waals surface area contributed by atoms with Gasteiger partial charge in [-0.1, -0.05) is 25.4 Å². The summed E-state index contributed by atoms with van der Waals surface area (Å²) in [6.07, 6.45) is 0.656. The predicted molar refractivity (Wildman–Crippen MR) is 81.8 cm³/mol. The van der Waals surface area contributed by atoms with E-state index in [0.717, 1.165) is 5.69 Å². The number of anilines is 2. The largest absolute Gasteiger partial charge is 0.376 e. The van der Waals surface area contributed by atoms with Gasteiger partial charge in [-0.2, -0.15) is 0 Å². The van der Waals surface area contributed by atoms with Crippen molar-refractivity contribution in [1.82, 2.24) is 0 Å². The number of hydrogen-bond donors (Lipinski definition) is 2. The van der Waals surface area contributed by atoms with Gasteiger partial charge in [-0.05, 0) is 30.5 Å². The second kappa shape index (κ2) is 6.78. The van der Waals surface area contributed by atoms with Gasteiger partial charge >= 0.3 is 0 Å². The Balaban J connectivity index is 2.86. The average Bonchev–Trinajstić information content (AvgIpc) is 2.27. The molecule has 0 saturated heterocycles. The van der Waals surface area contributed by atoms with E-state index in [1.54, 1.807) is 12.1 Å². The van der Waals surface area contributed by atoms with Crippen LogP contribution in [-0.4, -0.2) is 26.0 Å². The van der Waals surface area contributed by atoms with E-state index in [4.69, 9.17) is 17.3 Å². The van der Waals surface area contributed by atoms with Crippen molar-refractivity contribution in [2.45, 2.75) is 26.3 Å². The maximum absolute atomic E-state index is 12.0. The number of carbonyl (C=O) groups is 1. The molecular formula is C14H22ClN3O. The van der Waals surface area contributed by atoms with E-state index in [1.165, 1.54) is 0 Å². The Labute approximate surface area is 119 Å². The molecule has 1 aromatic carbocycles. The maximum atomic E-state index is 12.0. The van der Waals surface area contributed by atoms with E-state index in [1.807, 2.05) is 38.9 Å². The summed E-state index contributed by atoms with van der Waals surface area (Å²) >= 11 is 5.97. The first kappa shape index (κ1) is 15.8. The van der Waals surface area contributed by atoms with Crippen LogP contribution in [0.4, 0.5) is 11.4 Å². The molecule has 0 unspecified atom stereocenters. The van der Waals surface area contributed by atoms with Crippen molar-refractivity contribution in [3.05, 3.63) is 23.2 Å². The van der Waals surface area contributed by atoms with E-state index in [0.29, 0.717) is 23.0 Å². The van der Waals surface area contributed by atoms with Crippen LogP contribution in [0.1, 0.15) is 20.3 Å². The first-order valence-corrected chi connectivity index (χ1v) is 6.72. The number of benzene rings is 1. The summed E-state index contributed by atoms with van der Waals surface area (Å²) in [4.78, 5) is 14.0. The molecule has 5 heteroatoms. The number of halogens is 1. The van der Waals surface area contributed by atoms with Crippen molar-refractivity contribution in [2.24, 2.45) is 11.7 Å². The van der Waals surface area contributed by atoms with Crippen LogP contribution in [0.5, 0.6) is 0 Å². The van der Waals surface area contributed by atoms with E-state index >= 15 is 0 Å². The van der Waals surface area contributed by atoms with Gasteiger partial charge in [0, 0.05) is 19.1 Å². The molecule has 0 spiro atoms. The summed E-state index contributed by atoms with van der Waals surface area (Å²) < 4.78 is 0. The lowest BCUT2D eigenvalue weighted by Crippen LogP contribution is -2.37. The van der Waals surface area contributed by atoms with Crippen LogP contribution in [0.2, 0.25) is 5.02 Å². The van der Waals surface area contributed by atoms with Crippen LogP contribution in [0.3, 0.4) is 0 Å². The summed E-state index contributed by atoms with van der Waals surface area (Å²) in [6.45, 7) is 4.08. The SMILES string of the molecule is CC(C)C[C@@H](N)C(=O)Nc1cc(Cl)ccc1N(C)C. The molecule has 0 saturated carbocycles. The zero-order valence-electron chi connectivity index (χ0n) is 11.9. The average molecular weight is 284 g/mol. The lowest BCUT2D eigenvalue weighted by atomic mass is 10.0. The minimum atomic E-state index is -0.506. The van der Waals surface area contributed by atoms with Crippen LogP contribution in [0.25, 0.3) is 0 Å². The van der Waals surface area contributed by atoms with E-state index < -0.39 is 6.04 Å². The monoisotopic (exact) mass is 283 g/mol. The van der Waals surface area contributed by atoms with Crippen LogP contribution >= 0.6 is 11.6 Å². The maximum Gasteiger partial charge on any atom is 0.241 e. The van der Waals surface area contributed by atoms with Crippen LogP contribution in [0.15, 0.2) is 18.2 Å². The van der Waals surface area contributed by atoms with Gasteiger partial charge in [-0.25, -0.2) is 0 Å².